The van der Waals surface area contributed by atoms with Gasteiger partial charge in [-0.3, -0.25) is 14.7 Å². The number of amides is 2. The normalized spacial score (nSPS) is 13.5. The van der Waals surface area contributed by atoms with Gasteiger partial charge in [0.1, 0.15) is 5.69 Å². The number of hydrazone groups is 1. The molecule has 3 aromatic rings. The minimum absolute atomic E-state index is 0.0797. The lowest BCUT2D eigenvalue weighted by Gasteiger charge is -2.25. The molecule has 2 aromatic carbocycles. The second-order valence-electron chi connectivity index (χ2n) is 7.15. The van der Waals surface area contributed by atoms with Crippen LogP contribution in [0.3, 0.4) is 0 Å². The van der Waals surface area contributed by atoms with Crippen molar-refractivity contribution in [2.45, 2.75) is 19.4 Å². The Bertz CT molecular complexity index is 1160. The molecule has 1 aromatic heterocycles. The number of carbonyl (C=O) groups is 2. The first kappa shape index (κ1) is 21.1. The van der Waals surface area contributed by atoms with Gasteiger partial charge in [0, 0.05) is 30.3 Å². The molecule has 4 rings (SSSR count). The Kier molecular flexibility index (Phi) is 6.16. The summed E-state index contributed by atoms with van der Waals surface area (Å²) in [6.45, 7) is 0.231. The van der Waals surface area contributed by atoms with Crippen molar-refractivity contribution >= 4 is 23.2 Å². The number of rotatable bonds is 7. The maximum Gasteiger partial charge on any atom is 0.273 e. The van der Waals surface area contributed by atoms with Crippen LogP contribution in [0.15, 0.2) is 59.8 Å². The monoisotopic (exact) mass is 433 g/mol. The Morgan fingerprint density at radius 1 is 1.09 bits per heavy atom. The summed E-state index contributed by atoms with van der Waals surface area (Å²) in [7, 11) is 3.16. The number of anilines is 1. The number of aromatic amines is 1. The Hall–Kier alpha value is -4.14. The summed E-state index contributed by atoms with van der Waals surface area (Å²) >= 11 is 0. The summed E-state index contributed by atoms with van der Waals surface area (Å²) in [5, 5.41) is 15.3. The van der Waals surface area contributed by atoms with E-state index in [9.17, 15) is 9.59 Å². The molecule has 1 aliphatic rings. The van der Waals surface area contributed by atoms with E-state index in [2.05, 4.69) is 20.6 Å². The number of carbonyl (C=O) groups excluding carboxylic acids is 2. The van der Waals surface area contributed by atoms with Crippen LogP contribution in [0, 0.1) is 0 Å². The molecule has 0 spiro atoms. The molecule has 0 saturated carbocycles. The van der Waals surface area contributed by atoms with E-state index in [0.717, 1.165) is 16.8 Å². The standard InChI is InChI=1S/C23H23N5O4/c1-31-20-9-7-15(13-21(20)32-2)18-8-10-22(29)28(27-18)14-16-5-3-4-6-17(16)25-23(30)19-11-12-24-26-19/h3-7,9,11-13H,8,10,14H2,1-2H3,(H,24,26)(H,25,30). The van der Waals surface area contributed by atoms with Crippen LogP contribution in [0.1, 0.15) is 34.5 Å². The first-order valence-electron chi connectivity index (χ1n) is 10.1. The number of methoxy groups -OCH3 is 2. The number of hydrogen-bond acceptors (Lipinski definition) is 6. The third-order valence-electron chi connectivity index (χ3n) is 5.15. The van der Waals surface area contributed by atoms with Crippen molar-refractivity contribution in [1.82, 2.24) is 15.2 Å². The van der Waals surface area contributed by atoms with Gasteiger partial charge in [0.25, 0.3) is 5.91 Å². The van der Waals surface area contributed by atoms with E-state index >= 15 is 0 Å². The van der Waals surface area contributed by atoms with Crippen LogP contribution in [-0.2, 0) is 11.3 Å². The number of aromatic nitrogens is 2. The van der Waals surface area contributed by atoms with Crippen molar-refractivity contribution in [3.05, 3.63) is 71.5 Å². The zero-order chi connectivity index (χ0) is 22.5. The fourth-order valence-electron chi connectivity index (χ4n) is 3.46. The van der Waals surface area contributed by atoms with Crippen LogP contribution in [-0.4, -0.2) is 47.0 Å². The van der Waals surface area contributed by atoms with Gasteiger partial charge in [-0.1, -0.05) is 18.2 Å². The first-order valence-corrected chi connectivity index (χ1v) is 10.1. The number of ether oxygens (including phenoxy) is 2. The van der Waals surface area contributed by atoms with Gasteiger partial charge in [-0.25, -0.2) is 5.01 Å². The van der Waals surface area contributed by atoms with Gasteiger partial charge < -0.3 is 14.8 Å². The average Bonchev–Trinajstić information content (AvgIpc) is 3.36. The zero-order valence-electron chi connectivity index (χ0n) is 17.8. The molecule has 0 unspecified atom stereocenters. The molecular weight excluding hydrogens is 410 g/mol. The number of para-hydroxylation sites is 1. The van der Waals surface area contributed by atoms with Crippen LogP contribution in [0.4, 0.5) is 5.69 Å². The summed E-state index contributed by atoms with van der Waals surface area (Å²) in [5.74, 6) is 0.837. The van der Waals surface area contributed by atoms with Crippen molar-refractivity contribution in [2.75, 3.05) is 19.5 Å². The van der Waals surface area contributed by atoms with Crippen LogP contribution < -0.4 is 14.8 Å². The number of hydrogen-bond donors (Lipinski definition) is 2. The van der Waals surface area contributed by atoms with Gasteiger partial charge in [0.15, 0.2) is 11.5 Å². The van der Waals surface area contributed by atoms with Gasteiger partial charge in [0.2, 0.25) is 5.91 Å². The number of H-pyrrole nitrogens is 1. The summed E-state index contributed by atoms with van der Waals surface area (Å²) in [5.41, 5.74) is 3.37. The van der Waals surface area contributed by atoms with Crippen molar-refractivity contribution in [3.63, 3.8) is 0 Å². The van der Waals surface area contributed by atoms with E-state index in [-0.39, 0.29) is 18.4 Å². The largest absolute Gasteiger partial charge is 0.493 e. The highest BCUT2D eigenvalue weighted by molar-refractivity contribution is 6.05. The molecule has 2 amide bonds. The van der Waals surface area contributed by atoms with Crippen molar-refractivity contribution in [1.29, 1.82) is 0 Å². The lowest BCUT2D eigenvalue weighted by molar-refractivity contribution is -0.132. The summed E-state index contributed by atoms with van der Waals surface area (Å²) in [6, 6.07) is 14.5. The molecule has 0 fully saturated rings. The predicted molar refractivity (Wildman–Crippen MR) is 119 cm³/mol. The second kappa shape index (κ2) is 9.34. The van der Waals surface area contributed by atoms with E-state index in [1.807, 2.05) is 36.4 Å². The number of benzene rings is 2. The molecule has 0 aliphatic carbocycles. The maximum absolute atomic E-state index is 12.6. The quantitative estimate of drug-likeness (QED) is 0.595. The second-order valence-corrected chi connectivity index (χ2v) is 7.15. The van der Waals surface area contributed by atoms with Crippen LogP contribution in [0.5, 0.6) is 11.5 Å². The summed E-state index contributed by atoms with van der Waals surface area (Å²) in [6.07, 6.45) is 2.39. The van der Waals surface area contributed by atoms with Gasteiger partial charge in [-0.2, -0.15) is 10.2 Å². The third-order valence-corrected chi connectivity index (χ3v) is 5.15. The van der Waals surface area contributed by atoms with Crippen LogP contribution >= 0.6 is 0 Å². The van der Waals surface area contributed by atoms with Gasteiger partial charge in [0.05, 0.1) is 26.5 Å². The van der Waals surface area contributed by atoms with E-state index in [0.29, 0.717) is 35.7 Å². The van der Waals surface area contributed by atoms with Gasteiger partial charge in [-0.15, -0.1) is 0 Å². The number of nitrogens with zero attached hydrogens (tertiary/aromatic N) is 3. The lowest BCUT2D eigenvalue weighted by atomic mass is 10.0. The van der Waals surface area contributed by atoms with Crippen molar-refractivity contribution < 1.29 is 19.1 Å². The molecule has 0 saturated heterocycles. The van der Waals surface area contributed by atoms with Crippen LogP contribution in [0.2, 0.25) is 0 Å². The molecule has 2 N–H and O–H groups in total. The highest BCUT2D eigenvalue weighted by Gasteiger charge is 2.23. The molecule has 2 heterocycles. The molecule has 0 bridgehead atoms. The van der Waals surface area contributed by atoms with E-state index < -0.39 is 0 Å². The number of nitrogens with one attached hydrogen (secondary N) is 2. The molecule has 1 aliphatic heterocycles. The highest BCUT2D eigenvalue weighted by Crippen LogP contribution is 2.29. The van der Waals surface area contributed by atoms with Gasteiger partial charge >= 0.3 is 0 Å². The fraction of sp³-hybridized carbons (Fsp3) is 0.217. The molecule has 9 nitrogen and oxygen atoms in total. The molecule has 164 valence electrons. The molecule has 9 heteroatoms. The van der Waals surface area contributed by atoms with Crippen LogP contribution in [0.25, 0.3) is 0 Å². The smallest absolute Gasteiger partial charge is 0.273 e. The third kappa shape index (κ3) is 4.46. The molecule has 32 heavy (non-hydrogen) atoms. The molecule has 0 atom stereocenters. The summed E-state index contributed by atoms with van der Waals surface area (Å²) < 4.78 is 10.7. The SMILES string of the molecule is COc1ccc(C2=NN(Cc3ccccc3NC(=O)c3ccn[nH]3)C(=O)CC2)cc1OC. The minimum Gasteiger partial charge on any atom is -0.493 e. The first-order chi connectivity index (χ1) is 15.6. The fourth-order valence-corrected chi connectivity index (χ4v) is 3.46. The predicted octanol–water partition coefficient (Wildman–Crippen LogP) is 3.21. The molecular formula is C23H23N5O4. The van der Waals surface area contributed by atoms with Crippen molar-refractivity contribution in [2.24, 2.45) is 5.10 Å². The topological polar surface area (TPSA) is 109 Å². The Labute approximate surface area is 185 Å². The van der Waals surface area contributed by atoms with E-state index in [4.69, 9.17) is 9.47 Å². The van der Waals surface area contributed by atoms with E-state index in [1.54, 1.807) is 26.4 Å². The minimum atomic E-state index is -0.311. The lowest BCUT2D eigenvalue weighted by Crippen LogP contribution is -2.32. The highest BCUT2D eigenvalue weighted by atomic mass is 16.5. The average molecular weight is 433 g/mol. The Balaban J connectivity index is 1.58. The van der Waals surface area contributed by atoms with Gasteiger partial charge in [-0.05, 0) is 35.9 Å². The maximum atomic E-state index is 12.6. The zero-order valence-corrected chi connectivity index (χ0v) is 17.8. The van der Waals surface area contributed by atoms with Crippen molar-refractivity contribution in [3.8, 4) is 11.5 Å². The Morgan fingerprint density at radius 2 is 1.91 bits per heavy atom. The van der Waals surface area contributed by atoms with E-state index in [1.165, 1.54) is 11.2 Å². The molecule has 0 radical (unpaired) electrons. The summed E-state index contributed by atoms with van der Waals surface area (Å²) in [4.78, 5) is 25.0. The Morgan fingerprint density at radius 3 is 2.66 bits per heavy atom.